The topological polar surface area (TPSA) is 80.1 Å². The van der Waals surface area contributed by atoms with E-state index in [-0.39, 0.29) is 6.42 Å². The van der Waals surface area contributed by atoms with Gasteiger partial charge in [0.25, 0.3) is 5.82 Å². The Bertz CT molecular complexity index is 674. The lowest BCUT2D eigenvalue weighted by Crippen LogP contribution is -2.42. The molecule has 2 aromatic rings. The van der Waals surface area contributed by atoms with Crippen LogP contribution in [0.2, 0.25) is 5.02 Å². The van der Waals surface area contributed by atoms with Gasteiger partial charge in [0.15, 0.2) is 0 Å². The number of nitrogen functional groups attached to an aromatic ring is 1. The third-order valence-corrected chi connectivity index (χ3v) is 3.38. The van der Waals surface area contributed by atoms with Gasteiger partial charge in [-0.1, -0.05) is 28.8 Å². The summed E-state index contributed by atoms with van der Waals surface area (Å²) in [5.41, 5.74) is 8.57. The molecule has 0 fully saturated rings. The van der Waals surface area contributed by atoms with Crippen LogP contribution in [0.4, 0.5) is 5.82 Å². The summed E-state index contributed by atoms with van der Waals surface area (Å²) in [6.45, 7) is 2.37. The van der Waals surface area contributed by atoms with E-state index in [4.69, 9.17) is 22.4 Å². The third-order valence-electron chi connectivity index (χ3n) is 3.14. The third kappa shape index (κ3) is 3.92. The van der Waals surface area contributed by atoms with Crippen molar-refractivity contribution >= 4 is 23.4 Å². The summed E-state index contributed by atoms with van der Waals surface area (Å²) in [6.07, 6.45) is 0.574. The molecule has 3 N–H and O–H groups in total. The number of hydrogen-bond acceptors (Lipinski definition) is 3. The monoisotopic (exact) mass is 306 g/mol. The van der Waals surface area contributed by atoms with Crippen molar-refractivity contribution in [3.8, 4) is 11.3 Å². The lowest BCUT2D eigenvalue weighted by atomic mass is 10.1. The molecule has 1 aromatic heterocycles. The first-order chi connectivity index (χ1) is 9.97. The summed E-state index contributed by atoms with van der Waals surface area (Å²) in [5, 5.41) is 13.8. The van der Waals surface area contributed by atoms with Crippen LogP contribution in [0.3, 0.4) is 0 Å². The highest BCUT2D eigenvalue weighted by Crippen LogP contribution is 2.21. The maximum atomic E-state index is 10.6. The Labute approximate surface area is 128 Å². The minimum Gasteiger partial charge on any atom is -0.481 e. The number of anilines is 1. The number of carboxylic acids is 1. The van der Waals surface area contributed by atoms with Gasteiger partial charge >= 0.3 is 5.97 Å². The van der Waals surface area contributed by atoms with Crippen LogP contribution in [0.5, 0.6) is 0 Å². The molecule has 21 heavy (non-hydrogen) atoms. The Hall–Kier alpha value is -2.14. The molecule has 1 aromatic carbocycles. The first-order valence-corrected chi connectivity index (χ1v) is 7.00. The quantitative estimate of drug-likeness (QED) is 0.832. The molecule has 0 amide bonds. The van der Waals surface area contributed by atoms with Crippen molar-refractivity contribution in [2.24, 2.45) is 0 Å². The highest BCUT2D eigenvalue weighted by Gasteiger charge is 2.14. The number of benzene rings is 1. The van der Waals surface area contributed by atoms with E-state index in [0.717, 1.165) is 16.8 Å². The Morgan fingerprint density at radius 1 is 1.43 bits per heavy atom. The van der Waals surface area contributed by atoms with Gasteiger partial charge in [0, 0.05) is 22.6 Å². The second kappa shape index (κ2) is 6.54. The van der Waals surface area contributed by atoms with Crippen molar-refractivity contribution in [3.05, 3.63) is 40.9 Å². The normalized spacial score (nSPS) is 10.6. The van der Waals surface area contributed by atoms with Crippen molar-refractivity contribution in [2.75, 3.05) is 5.73 Å². The van der Waals surface area contributed by atoms with Crippen LogP contribution in [0.15, 0.2) is 30.3 Å². The summed E-state index contributed by atoms with van der Waals surface area (Å²) in [7, 11) is 0. The maximum absolute atomic E-state index is 10.6. The van der Waals surface area contributed by atoms with Gasteiger partial charge in [-0.25, -0.2) is 0 Å². The van der Waals surface area contributed by atoms with Crippen LogP contribution < -0.4 is 10.4 Å². The van der Waals surface area contributed by atoms with Crippen molar-refractivity contribution in [2.45, 2.75) is 26.3 Å². The van der Waals surface area contributed by atoms with Gasteiger partial charge < -0.3 is 5.11 Å². The molecule has 6 heteroatoms. The summed E-state index contributed by atoms with van der Waals surface area (Å²) in [6, 6.07) is 9.32. The largest absolute Gasteiger partial charge is 0.481 e. The molecule has 0 unspecified atom stereocenters. The number of aliphatic carboxylic acids is 1. The molecule has 110 valence electrons. The Balaban J connectivity index is 2.31. The van der Waals surface area contributed by atoms with Gasteiger partial charge in [-0.3, -0.25) is 10.5 Å². The molecule has 0 aliphatic rings. The van der Waals surface area contributed by atoms with Gasteiger partial charge in [-0.2, -0.15) is 0 Å². The lowest BCUT2D eigenvalue weighted by molar-refractivity contribution is -0.740. The molecule has 1 heterocycles. The summed E-state index contributed by atoms with van der Waals surface area (Å²) in [5.74, 6) is -0.275. The van der Waals surface area contributed by atoms with E-state index in [9.17, 15) is 4.79 Å². The fraction of sp³-hybridized carbons (Fsp3) is 0.267. The first kappa shape index (κ1) is 15.3. The van der Waals surface area contributed by atoms with Crippen LogP contribution >= 0.6 is 11.6 Å². The number of nitrogens with zero attached hydrogens (tertiary/aromatic N) is 2. The zero-order valence-corrected chi connectivity index (χ0v) is 12.5. The molecular weight excluding hydrogens is 290 g/mol. The number of nitrogens with two attached hydrogens (primary N) is 1. The fourth-order valence-corrected chi connectivity index (χ4v) is 2.23. The van der Waals surface area contributed by atoms with Crippen molar-refractivity contribution in [1.82, 2.24) is 5.10 Å². The highest BCUT2D eigenvalue weighted by molar-refractivity contribution is 6.30. The van der Waals surface area contributed by atoms with Gasteiger partial charge in [0.05, 0.1) is 0 Å². The van der Waals surface area contributed by atoms with Crippen LogP contribution in [-0.4, -0.2) is 16.2 Å². The molecule has 2 rings (SSSR count). The Morgan fingerprint density at radius 2 is 2.19 bits per heavy atom. The van der Waals surface area contributed by atoms with Gasteiger partial charge in [-0.05, 0) is 31.5 Å². The van der Waals surface area contributed by atoms with Crippen LogP contribution in [0.25, 0.3) is 11.3 Å². The summed E-state index contributed by atoms with van der Waals surface area (Å²) < 4.78 is 1.65. The predicted octanol–water partition coefficient (Wildman–Crippen LogP) is 2.44. The van der Waals surface area contributed by atoms with E-state index in [1.165, 1.54) is 0 Å². The number of aromatic nitrogens is 2. The fourth-order valence-electron chi connectivity index (χ4n) is 2.03. The molecule has 0 atom stereocenters. The Kier molecular flexibility index (Phi) is 4.75. The van der Waals surface area contributed by atoms with E-state index in [1.807, 2.05) is 31.2 Å². The average Bonchev–Trinajstić information content (AvgIpc) is 2.43. The van der Waals surface area contributed by atoms with Gasteiger partial charge in [0.1, 0.15) is 12.2 Å². The molecule has 0 bridgehead atoms. The smallest absolute Gasteiger partial charge is 0.303 e. The van der Waals surface area contributed by atoms with Crippen molar-refractivity contribution in [1.29, 1.82) is 0 Å². The van der Waals surface area contributed by atoms with E-state index in [1.54, 1.807) is 10.7 Å². The van der Waals surface area contributed by atoms with Crippen molar-refractivity contribution in [3.63, 3.8) is 0 Å². The molecule has 5 nitrogen and oxygen atoms in total. The minimum atomic E-state index is -0.822. The summed E-state index contributed by atoms with van der Waals surface area (Å²) >= 11 is 6.00. The lowest BCUT2D eigenvalue weighted by Gasteiger charge is -2.07. The Morgan fingerprint density at radius 3 is 2.86 bits per heavy atom. The molecule has 0 aliphatic carbocycles. The van der Waals surface area contributed by atoms with Crippen LogP contribution in [-0.2, 0) is 11.3 Å². The van der Waals surface area contributed by atoms with Crippen LogP contribution in [0, 0.1) is 6.92 Å². The number of aryl methyl sites for hydroxylation is 2. The number of rotatable bonds is 5. The zero-order chi connectivity index (χ0) is 15.4. The molecule has 0 spiro atoms. The standard InChI is InChI=1S/C15H16ClN3O2/c1-10-8-13(11-4-2-5-12(16)9-11)18-19(15(10)17)7-3-6-14(20)21/h2,4-5,8-9,17H,3,6-7H2,1H3,(H,20,21)/p+1. The second-order valence-corrected chi connectivity index (χ2v) is 5.27. The van der Waals surface area contributed by atoms with E-state index in [2.05, 4.69) is 5.10 Å². The zero-order valence-electron chi connectivity index (χ0n) is 11.7. The molecule has 0 saturated carbocycles. The van der Waals surface area contributed by atoms with E-state index < -0.39 is 5.97 Å². The second-order valence-electron chi connectivity index (χ2n) is 4.83. The minimum absolute atomic E-state index is 0.0918. The van der Waals surface area contributed by atoms with Gasteiger partial charge in [-0.15, -0.1) is 4.68 Å². The van der Waals surface area contributed by atoms with Gasteiger partial charge in [0.2, 0.25) is 0 Å². The highest BCUT2D eigenvalue weighted by atomic mass is 35.5. The van der Waals surface area contributed by atoms with Crippen LogP contribution in [0.1, 0.15) is 18.4 Å². The SMILES string of the molecule is Cc1cc(-c2cccc(Cl)c2)n[n+](CCCC(=O)O)c1N. The summed E-state index contributed by atoms with van der Waals surface area (Å²) in [4.78, 5) is 10.6. The number of carboxylic acid groups (broad SMARTS) is 1. The number of halogens is 1. The maximum Gasteiger partial charge on any atom is 0.303 e. The van der Waals surface area contributed by atoms with Crippen molar-refractivity contribution < 1.29 is 14.6 Å². The molecular formula is C15H17ClN3O2+. The van der Waals surface area contributed by atoms with E-state index >= 15 is 0 Å². The molecule has 0 aliphatic heterocycles. The van der Waals surface area contributed by atoms with E-state index in [0.29, 0.717) is 23.8 Å². The first-order valence-electron chi connectivity index (χ1n) is 6.62. The number of hydrogen-bond donors (Lipinski definition) is 2. The average molecular weight is 307 g/mol. The molecule has 0 saturated heterocycles. The predicted molar refractivity (Wildman–Crippen MR) is 80.9 cm³/mol. The number of carbonyl (C=O) groups is 1. The molecule has 0 radical (unpaired) electrons.